The summed E-state index contributed by atoms with van der Waals surface area (Å²) in [5, 5.41) is 0. The third kappa shape index (κ3) is 4.81. The standard InChI is InChI=1S/C16H18F4O2/c1-2-3-11-4-6-12(7-5-11)13-9-21-15(22-10-13)14(17)8-16(18,19)20/h4-8,13,15H,2-3,9-10H2,1H3/b14-8-. The third-order valence-electron chi connectivity index (χ3n) is 3.41. The Morgan fingerprint density at radius 2 is 1.77 bits per heavy atom. The van der Waals surface area contributed by atoms with Crippen molar-refractivity contribution in [1.82, 2.24) is 0 Å². The molecule has 22 heavy (non-hydrogen) atoms. The lowest BCUT2D eigenvalue weighted by Gasteiger charge is -2.29. The molecule has 1 saturated heterocycles. The number of ether oxygens (including phenoxy) is 2. The molecule has 0 aliphatic carbocycles. The van der Waals surface area contributed by atoms with E-state index in [1.807, 2.05) is 24.3 Å². The van der Waals surface area contributed by atoms with Gasteiger partial charge in [0.25, 0.3) is 0 Å². The Kier molecular flexibility index (Phi) is 5.58. The highest BCUT2D eigenvalue weighted by Gasteiger charge is 2.31. The lowest BCUT2D eigenvalue weighted by Crippen LogP contribution is -2.31. The molecule has 2 nitrogen and oxygen atoms in total. The van der Waals surface area contributed by atoms with Crippen LogP contribution in [0.15, 0.2) is 36.2 Å². The predicted octanol–water partition coefficient (Wildman–Crippen LogP) is 4.51. The summed E-state index contributed by atoms with van der Waals surface area (Å²) >= 11 is 0. The van der Waals surface area contributed by atoms with E-state index in [2.05, 4.69) is 6.92 Å². The summed E-state index contributed by atoms with van der Waals surface area (Å²) in [6.45, 7) is 2.34. The molecule has 6 heteroatoms. The largest absolute Gasteiger partial charge is 0.412 e. The Labute approximate surface area is 126 Å². The van der Waals surface area contributed by atoms with E-state index < -0.39 is 24.4 Å². The predicted molar refractivity (Wildman–Crippen MR) is 74.1 cm³/mol. The monoisotopic (exact) mass is 318 g/mol. The van der Waals surface area contributed by atoms with Crippen LogP contribution in [-0.2, 0) is 15.9 Å². The zero-order chi connectivity index (χ0) is 16.2. The summed E-state index contributed by atoms with van der Waals surface area (Å²) in [5.74, 6) is -1.56. The number of hydrogen-bond donors (Lipinski definition) is 0. The quantitative estimate of drug-likeness (QED) is 0.760. The van der Waals surface area contributed by atoms with Gasteiger partial charge in [0.05, 0.1) is 19.3 Å². The molecule has 0 unspecified atom stereocenters. The molecular formula is C16H18F4O2. The first-order chi connectivity index (χ1) is 10.4. The molecular weight excluding hydrogens is 300 g/mol. The van der Waals surface area contributed by atoms with Crippen LogP contribution in [0.2, 0.25) is 0 Å². The molecule has 122 valence electrons. The molecule has 0 bridgehead atoms. The summed E-state index contributed by atoms with van der Waals surface area (Å²) in [5.41, 5.74) is 2.19. The molecule has 0 amide bonds. The summed E-state index contributed by atoms with van der Waals surface area (Å²) < 4.78 is 59.7. The van der Waals surface area contributed by atoms with E-state index in [1.54, 1.807) is 0 Å². The number of rotatable bonds is 4. The van der Waals surface area contributed by atoms with Crippen LogP contribution in [0, 0.1) is 0 Å². The maximum Gasteiger partial charge on any atom is 0.412 e. The topological polar surface area (TPSA) is 18.5 Å². The number of alkyl halides is 3. The molecule has 1 aromatic carbocycles. The van der Waals surface area contributed by atoms with Gasteiger partial charge in [-0.3, -0.25) is 0 Å². The van der Waals surface area contributed by atoms with Gasteiger partial charge in [-0.2, -0.15) is 13.2 Å². The number of halogens is 4. The Morgan fingerprint density at radius 1 is 1.18 bits per heavy atom. The van der Waals surface area contributed by atoms with Crippen molar-refractivity contribution in [1.29, 1.82) is 0 Å². The average Bonchev–Trinajstić information content (AvgIpc) is 2.47. The first-order valence-corrected chi connectivity index (χ1v) is 7.16. The molecule has 1 aliphatic rings. The molecule has 0 atom stereocenters. The average molecular weight is 318 g/mol. The molecule has 0 radical (unpaired) electrons. The number of benzene rings is 1. The van der Waals surface area contributed by atoms with E-state index in [9.17, 15) is 17.6 Å². The molecule has 0 saturated carbocycles. The molecule has 1 aromatic rings. The highest BCUT2D eigenvalue weighted by atomic mass is 19.4. The van der Waals surface area contributed by atoms with Gasteiger partial charge >= 0.3 is 6.18 Å². The Hall–Kier alpha value is -1.40. The van der Waals surface area contributed by atoms with Gasteiger partial charge in [0.2, 0.25) is 6.29 Å². The van der Waals surface area contributed by atoms with Crippen molar-refractivity contribution in [2.75, 3.05) is 13.2 Å². The molecule has 2 rings (SSSR count). The lowest BCUT2D eigenvalue weighted by atomic mass is 9.98. The van der Waals surface area contributed by atoms with Gasteiger partial charge in [-0.25, -0.2) is 4.39 Å². The summed E-state index contributed by atoms with van der Waals surface area (Å²) in [6.07, 6.45) is -4.67. The molecule has 0 spiro atoms. The van der Waals surface area contributed by atoms with Gasteiger partial charge in [0.15, 0.2) is 5.83 Å². The normalized spacial score (nSPS) is 23.6. The van der Waals surface area contributed by atoms with E-state index in [1.165, 1.54) is 5.56 Å². The number of allylic oxidation sites excluding steroid dienone is 1. The van der Waals surface area contributed by atoms with Crippen LogP contribution in [0.3, 0.4) is 0 Å². The smallest absolute Gasteiger partial charge is 0.346 e. The van der Waals surface area contributed by atoms with Crippen LogP contribution >= 0.6 is 0 Å². The maximum absolute atomic E-state index is 13.3. The third-order valence-corrected chi connectivity index (χ3v) is 3.41. The Morgan fingerprint density at radius 3 is 2.27 bits per heavy atom. The lowest BCUT2D eigenvalue weighted by molar-refractivity contribution is -0.177. The van der Waals surface area contributed by atoms with Crippen LogP contribution in [0.5, 0.6) is 0 Å². The van der Waals surface area contributed by atoms with Crippen molar-refractivity contribution >= 4 is 0 Å². The SMILES string of the molecule is CCCc1ccc(C2COC(/C(F)=C/C(F)(F)F)OC2)cc1. The van der Waals surface area contributed by atoms with Crippen molar-refractivity contribution in [3.63, 3.8) is 0 Å². The van der Waals surface area contributed by atoms with E-state index in [0.29, 0.717) is 0 Å². The van der Waals surface area contributed by atoms with E-state index in [4.69, 9.17) is 9.47 Å². The fourth-order valence-corrected chi connectivity index (χ4v) is 2.32. The zero-order valence-electron chi connectivity index (χ0n) is 12.2. The van der Waals surface area contributed by atoms with Crippen LogP contribution in [0.25, 0.3) is 0 Å². The molecule has 1 heterocycles. The van der Waals surface area contributed by atoms with E-state index >= 15 is 0 Å². The Bertz CT molecular complexity index is 500. The van der Waals surface area contributed by atoms with Crippen molar-refractivity contribution < 1.29 is 27.0 Å². The van der Waals surface area contributed by atoms with Gasteiger partial charge < -0.3 is 9.47 Å². The van der Waals surface area contributed by atoms with Crippen LogP contribution < -0.4 is 0 Å². The van der Waals surface area contributed by atoms with Crippen molar-refractivity contribution in [2.45, 2.75) is 38.1 Å². The zero-order valence-corrected chi connectivity index (χ0v) is 12.2. The van der Waals surface area contributed by atoms with Crippen molar-refractivity contribution in [3.05, 3.63) is 47.3 Å². The highest BCUT2D eigenvalue weighted by Crippen LogP contribution is 2.28. The minimum Gasteiger partial charge on any atom is -0.346 e. The van der Waals surface area contributed by atoms with E-state index in [-0.39, 0.29) is 19.1 Å². The fraction of sp³-hybridized carbons (Fsp3) is 0.500. The summed E-state index contributed by atoms with van der Waals surface area (Å²) in [7, 11) is 0. The second-order valence-electron chi connectivity index (χ2n) is 5.26. The van der Waals surface area contributed by atoms with Crippen molar-refractivity contribution in [2.24, 2.45) is 0 Å². The summed E-state index contributed by atoms with van der Waals surface area (Å²) in [4.78, 5) is 0. The first kappa shape index (κ1) is 17.0. The summed E-state index contributed by atoms with van der Waals surface area (Å²) in [6, 6.07) is 7.92. The van der Waals surface area contributed by atoms with Gasteiger partial charge in [-0.15, -0.1) is 0 Å². The van der Waals surface area contributed by atoms with Crippen molar-refractivity contribution in [3.8, 4) is 0 Å². The van der Waals surface area contributed by atoms with Gasteiger partial charge in [-0.05, 0) is 17.5 Å². The fourth-order valence-electron chi connectivity index (χ4n) is 2.32. The molecule has 0 aromatic heterocycles. The van der Waals surface area contributed by atoms with Gasteiger partial charge in [0, 0.05) is 5.92 Å². The van der Waals surface area contributed by atoms with Crippen LogP contribution in [0.4, 0.5) is 17.6 Å². The van der Waals surface area contributed by atoms with Gasteiger partial charge in [0.1, 0.15) is 0 Å². The Balaban J connectivity index is 1.93. The first-order valence-electron chi connectivity index (χ1n) is 7.16. The molecule has 0 N–H and O–H groups in total. The van der Waals surface area contributed by atoms with Gasteiger partial charge in [-0.1, -0.05) is 37.6 Å². The molecule has 1 fully saturated rings. The minimum absolute atomic E-state index is 0.106. The second-order valence-corrected chi connectivity index (χ2v) is 5.26. The number of aryl methyl sites for hydroxylation is 1. The number of hydrogen-bond acceptors (Lipinski definition) is 2. The molecule has 1 aliphatic heterocycles. The minimum atomic E-state index is -4.72. The second kappa shape index (κ2) is 7.24. The van der Waals surface area contributed by atoms with Crippen LogP contribution in [-0.4, -0.2) is 25.7 Å². The van der Waals surface area contributed by atoms with E-state index in [0.717, 1.165) is 18.4 Å². The maximum atomic E-state index is 13.3. The highest BCUT2D eigenvalue weighted by molar-refractivity contribution is 5.26. The van der Waals surface area contributed by atoms with Crippen LogP contribution in [0.1, 0.15) is 30.4 Å².